The minimum atomic E-state index is -0.248. The molecule has 4 aromatic carbocycles. The van der Waals surface area contributed by atoms with Gasteiger partial charge in [0, 0.05) is 28.1 Å². The first-order valence-corrected chi connectivity index (χ1v) is 12.3. The summed E-state index contributed by atoms with van der Waals surface area (Å²) in [5, 5.41) is 6.99. The fraction of sp³-hybridized carbons (Fsp3) is 0.125. The van der Waals surface area contributed by atoms with E-state index >= 15 is 0 Å². The molecule has 0 saturated heterocycles. The van der Waals surface area contributed by atoms with Crippen molar-refractivity contribution < 1.29 is 9.21 Å². The number of fused-ring (bicyclic) bond motifs is 1. The van der Waals surface area contributed by atoms with Crippen LogP contribution in [-0.4, -0.2) is 5.91 Å². The molecule has 0 saturated carbocycles. The zero-order chi connectivity index (χ0) is 25.9. The summed E-state index contributed by atoms with van der Waals surface area (Å²) in [6, 6.07) is 30.1. The van der Waals surface area contributed by atoms with Gasteiger partial charge in [0.1, 0.15) is 11.3 Å². The van der Waals surface area contributed by atoms with Crippen molar-refractivity contribution in [2.75, 3.05) is 10.6 Å². The normalized spacial score (nSPS) is 11.8. The van der Waals surface area contributed by atoms with Crippen LogP contribution in [0.1, 0.15) is 40.0 Å². The van der Waals surface area contributed by atoms with E-state index in [2.05, 4.69) is 10.6 Å². The molecule has 0 fully saturated rings. The first-order valence-electron chi connectivity index (χ1n) is 12.3. The number of amides is 1. The molecule has 0 spiro atoms. The second-order valence-electron chi connectivity index (χ2n) is 9.21. The lowest BCUT2D eigenvalue weighted by Crippen LogP contribution is -2.17. The summed E-state index contributed by atoms with van der Waals surface area (Å²) in [5.74, 6) is 0.363. The third-order valence-corrected chi connectivity index (χ3v) is 6.47. The smallest absolute Gasteiger partial charge is 0.257 e. The van der Waals surface area contributed by atoms with E-state index < -0.39 is 0 Å². The number of nitrogens with one attached hydrogen (secondary N) is 2. The van der Waals surface area contributed by atoms with Gasteiger partial charge < -0.3 is 15.1 Å². The number of rotatable bonds is 6. The van der Waals surface area contributed by atoms with Crippen LogP contribution in [0.15, 0.2) is 106 Å². The van der Waals surface area contributed by atoms with Crippen molar-refractivity contribution in [1.29, 1.82) is 0 Å². The van der Waals surface area contributed by atoms with Gasteiger partial charge in [0.2, 0.25) is 0 Å². The van der Waals surface area contributed by atoms with Crippen LogP contribution in [0.2, 0.25) is 0 Å². The van der Waals surface area contributed by atoms with Crippen LogP contribution in [0.5, 0.6) is 0 Å². The van der Waals surface area contributed by atoms with Gasteiger partial charge in [-0.1, -0.05) is 66.7 Å². The molecule has 1 unspecified atom stereocenters. The predicted molar refractivity (Wildman–Crippen MR) is 150 cm³/mol. The number of anilines is 2. The summed E-state index contributed by atoms with van der Waals surface area (Å²) in [5.41, 5.74) is 5.70. The Hall–Kier alpha value is -4.64. The van der Waals surface area contributed by atoms with Gasteiger partial charge in [-0.25, -0.2) is 0 Å². The quantitative estimate of drug-likeness (QED) is 0.260. The van der Waals surface area contributed by atoms with E-state index in [0.717, 1.165) is 22.4 Å². The molecule has 37 heavy (non-hydrogen) atoms. The Morgan fingerprint density at radius 2 is 1.49 bits per heavy atom. The summed E-state index contributed by atoms with van der Waals surface area (Å²) in [6.07, 6.45) is 0. The molecule has 0 aliphatic heterocycles. The number of carbonyl (C=O) groups excluding carboxylic acids is 1. The Bertz CT molecular complexity index is 1640. The third-order valence-electron chi connectivity index (χ3n) is 6.47. The second kappa shape index (κ2) is 10.2. The molecule has 184 valence electrons. The van der Waals surface area contributed by atoms with Crippen LogP contribution in [-0.2, 0) is 0 Å². The molecule has 1 atom stereocenters. The topological polar surface area (TPSA) is 71.3 Å². The molecule has 5 heteroatoms. The maximum atomic E-state index is 13.4. The second-order valence-corrected chi connectivity index (χ2v) is 9.21. The summed E-state index contributed by atoms with van der Waals surface area (Å²) in [7, 11) is 0. The van der Waals surface area contributed by atoms with Gasteiger partial charge in [0.15, 0.2) is 5.43 Å². The van der Waals surface area contributed by atoms with E-state index in [9.17, 15) is 9.59 Å². The largest absolute Gasteiger partial charge is 0.455 e. The highest BCUT2D eigenvalue weighted by atomic mass is 16.3. The van der Waals surface area contributed by atoms with E-state index in [1.54, 1.807) is 13.0 Å². The van der Waals surface area contributed by atoms with Crippen molar-refractivity contribution >= 4 is 28.3 Å². The van der Waals surface area contributed by atoms with Crippen molar-refractivity contribution in [3.63, 3.8) is 0 Å². The molecular weight excluding hydrogens is 460 g/mol. The van der Waals surface area contributed by atoms with Crippen LogP contribution < -0.4 is 16.1 Å². The molecule has 5 nitrogen and oxygen atoms in total. The molecule has 0 bridgehead atoms. The minimum absolute atomic E-state index is 0.0418. The highest BCUT2D eigenvalue weighted by Crippen LogP contribution is 2.32. The summed E-state index contributed by atoms with van der Waals surface area (Å²) >= 11 is 0. The number of hydrogen-bond acceptors (Lipinski definition) is 4. The minimum Gasteiger partial charge on any atom is -0.455 e. The first-order chi connectivity index (χ1) is 17.9. The van der Waals surface area contributed by atoms with Gasteiger partial charge in [-0.05, 0) is 56.7 Å². The van der Waals surface area contributed by atoms with Crippen LogP contribution in [0.4, 0.5) is 11.4 Å². The van der Waals surface area contributed by atoms with E-state index in [4.69, 9.17) is 4.42 Å². The van der Waals surface area contributed by atoms with Crippen molar-refractivity contribution in [2.45, 2.75) is 26.8 Å². The third kappa shape index (κ3) is 4.89. The van der Waals surface area contributed by atoms with Gasteiger partial charge in [-0.3, -0.25) is 9.59 Å². The van der Waals surface area contributed by atoms with Gasteiger partial charge >= 0.3 is 0 Å². The standard InChI is InChI=1S/C32H28N2O3/c1-20-18-26(31-27(19-20)29(35)21(2)30(37-31)23-12-6-4-7-13-23)22(3)33-28-17-11-10-16-25(28)32(36)34-24-14-8-5-9-15-24/h4-19,22,33H,1-3H3,(H,34,36). The average Bonchev–Trinajstić information content (AvgIpc) is 2.92. The Labute approximate surface area is 215 Å². The lowest BCUT2D eigenvalue weighted by Gasteiger charge is -2.20. The summed E-state index contributed by atoms with van der Waals surface area (Å²) < 4.78 is 6.44. The zero-order valence-corrected chi connectivity index (χ0v) is 21.0. The summed E-state index contributed by atoms with van der Waals surface area (Å²) in [4.78, 5) is 26.5. The van der Waals surface area contributed by atoms with Crippen molar-refractivity contribution in [3.05, 3.63) is 130 Å². The van der Waals surface area contributed by atoms with Gasteiger partial charge in [-0.2, -0.15) is 0 Å². The maximum absolute atomic E-state index is 13.4. The molecule has 2 N–H and O–H groups in total. The van der Waals surface area contributed by atoms with E-state index in [1.165, 1.54) is 0 Å². The number of aryl methyl sites for hydroxylation is 1. The molecule has 1 aromatic heterocycles. The van der Waals surface area contributed by atoms with Crippen molar-refractivity contribution in [1.82, 2.24) is 0 Å². The number of hydrogen-bond donors (Lipinski definition) is 2. The van der Waals surface area contributed by atoms with Gasteiger partial charge in [0.25, 0.3) is 5.91 Å². The first kappa shape index (κ1) is 24.1. The molecule has 1 amide bonds. The number of para-hydroxylation sites is 2. The van der Waals surface area contributed by atoms with E-state index in [0.29, 0.717) is 33.5 Å². The molecule has 5 aromatic rings. The lowest BCUT2D eigenvalue weighted by atomic mass is 9.98. The summed E-state index contributed by atoms with van der Waals surface area (Å²) in [6.45, 7) is 5.78. The average molecular weight is 489 g/mol. The predicted octanol–water partition coefficient (Wildman–Crippen LogP) is 7.50. The van der Waals surface area contributed by atoms with Crippen LogP contribution >= 0.6 is 0 Å². The Balaban J connectivity index is 1.55. The van der Waals surface area contributed by atoms with Gasteiger partial charge in [-0.15, -0.1) is 0 Å². The zero-order valence-electron chi connectivity index (χ0n) is 21.0. The molecule has 5 rings (SSSR count). The Morgan fingerprint density at radius 3 is 2.22 bits per heavy atom. The molecule has 0 aliphatic rings. The Kier molecular flexibility index (Phi) is 6.60. The van der Waals surface area contributed by atoms with Gasteiger partial charge in [0.05, 0.1) is 17.0 Å². The fourth-order valence-corrected chi connectivity index (χ4v) is 4.59. The number of carbonyl (C=O) groups is 1. The molecule has 1 heterocycles. The number of benzene rings is 4. The van der Waals surface area contributed by atoms with E-state index in [1.807, 2.05) is 105 Å². The van der Waals surface area contributed by atoms with Crippen LogP contribution in [0.3, 0.4) is 0 Å². The SMILES string of the molecule is Cc1cc(C(C)Nc2ccccc2C(=O)Nc2ccccc2)c2oc(-c3ccccc3)c(C)c(=O)c2c1. The Morgan fingerprint density at radius 1 is 0.838 bits per heavy atom. The molecule has 0 radical (unpaired) electrons. The fourth-order valence-electron chi connectivity index (χ4n) is 4.59. The van der Waals surface area contributed by atoms with Crippen LogP contribution in [0, 0.1) is 13.8 Å². The molecular formula is C32H28N2O3. The molecule has 0 aliphatic carbocycles. The van der Waals surface area contributed by atoms with E-state index in [-0.39, 0.29) is 17.4 Å². The van der Waals surface area contributed by atoms with Crippen molar-refractivity contribution in [2.24, 2.45) is 0 Å². The van der Waals surface area contributed by atoms with Crippen LogP contribution in [0.25, 0.3) is 22.3 Å². The monoisotopic (exact) mass is 488 g/mol. The highest BCUT2D eigenvalue weighted by Gasteiger charge is 2.20. The lowest BCUT2D eigenvalue weighted by molar-refractivity contribution is 0.102. The highest BCUT2D eigenvalue weighted by molar-refractivity contribution is 6.08. The van der Waals surface area contributed by atoms with Crippen molar-refractivity contribution in [3.8, 4) is 11.3 Å². The maximum Gasteiger partial charge on any atom is 0.257 e.